The molecule has 0 fully saturated rings. The quantitative estimate of drug-likeness (QED) is 0.678. The van der Waals surface area contributed by atoms with Crippen LogP contribution in [-0.2, 0) is 6.61 Å². The van der Waals surface area contributed by atoms with Gasteiger partial charge in [0.05, 0.1) is 5.56 Å². The van der Waals surface area contributed by atoms with Crippen LogP contribution in [0.1, 0.15) is 28.5 Å². The van der Waals surface area contributed by atoms with Crippen LogP contribution in [0.2, 0.25) is 0 Å². The minimum atomic E-state index is -0.126. The lowest BCUT2D eigenvalue weighted by molar-refractivity contribution is 0.101. The van der Waals surface area contributed by atoms with E-state index in [2.05, 4.69) is 4.98 Å². The lowest BCUT2D eigenvalue weighted by Crippen LogP contribution is -2.04. The molecule has 0 aliphatic carbocycles. The monoisotopic (exact) mass is 267 g/mol. The molecule has 0 aliphatic rings. The molecule has 0 atom stereocenters. The van der Waals surface area contributed by atoms with Gasteiger partial charge in [-0.05, 0) is 31.2 Å². The number of carbonyl (C=O) groups excluding carboxylic acids is 1. The lowest BCUT2D eigenvalue weighted by atomic mass is 10.1. The third kappa shape index (κ3) is 2.93. The molecule has 0 spiro atoms. The number of ketones is 1. The van der Waals surface area contributed by atoms with Gasteiger partial charge >= 0.3 is 0 Å². The molecule has 0 saturated carbocycles. The Hall–Kier alpha value is -2.87. The van der Waals surface area contributed by atoms with E-state index in [-0.39, 0.29) is 12.4 Å². The topological polar surface area (TPSA) is 89.0 Å². The van der Waals surface area contributed by atoms with Crippen molar-refractivity contribution in [1.82, 2.24) is 4.98 Å². The van der Waals surface area contributed by atoms with Gasteiger partial charge in [0.2, 0.25) is 0 Å². The number of carbonyl (C=O) groups is 1. The van der Waals surface area contributed by atoms with Gasteiger partial charge in [0.1, 0.15) is 24.1 Å². The zero-order chi connectivity index (χ0) is 14.5. The van der Waals surface area contributed by atoms with E-state index in [0.29, 0.717) is 28.3 Å². The number of nitrogens with zero attached hydrogens (tertiary/aromatic N) is 2. The average molecular weight is 267 g/mol. The summed E-state index contributed by atoms with van der Waals surface area (Å²) in [7, 11) is 0. The minimum absolute atomic E-state index is 0.126. The molecule has 2 N–H and O–H groups in total. The summed E-state index contributed by atoms with van der Waals surface area (Å²) in [4.78, 5) is 15.5. The lowest BCUT2D eigenvalue weighted by Gasteiger charge is -2.11. The van der Waals surface area contributed by atoms with Crippen molar-refractivity contribution in [2.45, 2.75) is 13.5 Å². The van der Waals surface area contributed by atoms with E-state index in [0.717, 1.165) is 0 Å². The predicted molar refractivity (Wildman–Crippen MR) is 74.1 cm³/mol. The molecule has 2 rings (SSSR count). The van der Waals surface area contributed by atoms with Crippen LogP contribution in [0, 0.1) is 11.3 Å². The summed E-state index contributed by atoms with van der Waals surface area (Å²) >= 11 is 0. The van der Waals surface area contributed by atoms with E-state index in [1.807, 2.05) is 6.07 Å². The Morgan fingerprint density at radius 2 is 2.25 bits per heavy atom. The molecule has 0 aliphatic heterocycles. The molecule has 1 aromatic carbocycles. The van der Waals surface area contributed by atoms with Gasteiger partial charge in [0.25, 0.3) is 0 Å². The molecule has 1 aromatic heterocycles. The van der Waals surface area contributed by atoms with E-state index >= 15 is 0 Å². The van der Waals surface area contributed by atoms with Crippen molar-refractivity contribution in [2.24, 2.45) is 0 Å². The van der Waals surface area contributed by atoms with Gasteiger partial charge < -0.3 is 10.5 Å². The molecule has 20 heavy (non-hydrogen) atoms. The fourth-order valence-electron chi connectivity index (χ4n) is 1.76. The van der Waals surface area contributed by atoms with E-state index < -0.39 is 0 Å². The summed E-state index contributed by atoms with van der Waals surface area (Å²) in [5, 5.41) is 8.96. The largest absolute Gasteiger partial charge is 0.488 e. The number of benzene rings is 1. The number of nitrogen functional groups attached to an aromatic ring is 1. The van der Waals surface area contributed by atoms with Crippen molar-refractivity contribution in [2.75, 3.05) is 5.73 Å². The van der Waals surface area contributed by atoms with Crippen LogP contribution in [0.3, 0.4) is 0 Å². The highest BCUT2D eigenvalue weighted by Gasteiger charge is 2.10. The van der Waals surface area contributed by atoms with Crippen molar-refractivity contribution in [1.29, 1.82) is 5.26 Å². The zero-order valence-corrected chi connectivity index (χ0v) is 11.0. The fraction of sp³-hybridized carbons (Fsp3) is 0.133. The van der Waals surface area contributed by atoms with Crippen LogP contribution in [-0.4, -0.2) is 10.8 Å². The van der Waals surface area contributed by atoms with E-state index in [1.165, 1.54) is 6.92 Å². The third-order valence-corrected chi connectivity index (χ3v) is 2.76. The Morgan fingerprint density at radius 1 is 1.45 bits per heavy atom. The zero-order valence-electron chi connectivity index (χ0n) is 11.0. The molecule has 0 bridgehead atoms. The molecule has 2 aromatic rings. The van der Waals surface area contributed by atoms with E-state index in [1.54, 1.807) is 36.5 Å². The standard InChI is InChI=1S/C15H13N3O2/c1-10(19)13-7-12(17)4-5-15(13)20-9-11-3-2-6-18-14(11)8-16/h2-7H,9,17H2,1H3. The predicted octanol–water partition coefficient (Wildman–Crippen LogP) is 2.32. The molecule has 0 unspecified atom stereocenters. The van der Waals surface area contributed by atoms with Gasteiger partial charge in [0.15, 0.2) is 5.78 Å². The van der Waals surface area contributed by atoms with Crippen LogP contribution in [0.25, 0.3) is 0 Å². The molecule has 1 heterocycles. The average Bonchev–Trinajstić information content (AvgIpc) is 2.46. The first kappa shape index (κ1) is 13.6. The number of aromatic nitrogens is 1. The van der Waals surface area contributed by atoms with Crippen LogP contribution in [0.4, 0.5) is 5.69 Å². The Labute approximate surface area is 116 Å². The highest BCUT2D eigenvalue weighted by molar-refractivity contribution is 5.97. The van der Waals surface area contributed by atoms with Gasteiger partial charge in [-0.3, -0.25) is 4.79 Å². The maximum absolute atomic E-state index is 11.6. The SMILES string of the molecule is CC(=O)c1cc(N)ccc1OCc1cccnc1C#N. The van der Waals surface area contributed by atoms with Crippen molar-refractivity contribution in [3.8, 4) is 11.8 Å². The number of pyridine rings is 1. The second-order valence-electron chi connectivity index (χ2n) is 4.22. The minimum Gasteiger partial charge on any atom is -0.488 e. The Balaban J connectivity index is 2.24. The first-order valence-electron chi connectivity index (χ1n) is 5.99. The van der Waals surface area contributed by atoms with Crippen molar-refractivity contribution in [3.05, 3.63) is 53.3 Å². The van der Waals surface area contributed by atoms with Gasteiger partial charge in [0, 0.05) is 17.4 Å². The molecule has 0 amide bonds. The van der Waals surface area contributed by atoms with Gasteiger partial charge in [-0.2, -0.15) is 5.26 Å². The van der Waals surface area contributed by atoms with Gasteiger partial charge in [-0.1, -0.05) is 6.07 Å². The summed E-state index contributed by atoms with van der Waals surface area (Å²) in [5.74, 6) is 0.318. The van der Waals surface area contributed by atoms with Crippen molar-refractivity contribution >= 4 is 11.5 Å². The first-order chi connectivity index (χ1) is 9.61. The van der Waals surface area contributed by atoms with Crippen LogP contribution in [0.5, 0.6) is 5.75 Å². The summed E-state index contributed by atoms with van der Waals surface area (Å²) < 4.78 is 5.61. The first-order valence-corrected chi connectivity index (χ1v) is 5.99. The van der Waals surface area contributed by atoms with E-state index in [4.69, 9.17) is 15.7 Å². The third-order valence-electron chi connectivity index (χ3n) is 2.76. The Bertz CT molecular complexity index is 690. The molecular weight excluding hydrogens is 254 g/mol. The molecule has 5 nitrogen and oxygen atoms in total. The van der Waals surface area contributed by atoms with Crippen LogP contribution in [0.15, 0.2) is 36.5 Å². The second-order valence-corrected chi connectivity index (χ2v) is 4.22. The number of hydrogen-bond donors (Lipinski definition) is 1. The van der Waals surface area contributed by atoms with Gasteiger partial charge in [-0.15, -0.1) is 0 Å². The maximum atomic E-state index is 11.6. The summed E-state index contributed by atoms with van der Waals surface area (Å²) in [5.41, 5.74) is 7.56. The van der Waals surface area contributed by atoms with Crippen LogP contribution >= 0.6 is 0 Å². The molecular formula is C15H13N3O2. The van der Waals surface area contributed by atoms with E-state index in [9.17, 15) is 4.79 Å². The number of nitrogens with two attached hydrogens (primary N) is 1. The Kier molecular flexibility index (Phi) is 3.96. The number of ether oxygens (including phenoxy) is 1. The molecule has 0 saturated heterocycles. The molecule has 5 heteroatoms. The fourth-order valence-corrected chi connectivity index (χ4v) is 1.76. The number of anilines is 1. The summed E-state index contributed by atoms with van der Waals surface area (Å²) in [6, 6.07) is 10.4. The number of rotatable bonds is 4. The molecule has 100 valence electrons. The summed E-state index contributed by atoms with van der Waals surface area (Å²) in [6.07, 6.45) is 1.55. The van der Waals surface area contributed by atoms with Crippen molar-refractivity contribution < 1.29 is 9.53 Å². The van der Waals surface area contributed by atoms with Gasteiger partial charge in [-0.25, -0.2) is 4.98 Å². The maximum Gasteiger partial charge on any atom is 0.163 e. The normalized spacial score (nSPS) is 9.80. The number of Topliss-reactive ketones (excluding diaryl/α,β-unsaturated/α-hetero) is 1. The Morgan fingerprint density at radius 3 is 2.95 bits per heavy atom. The molecule has 0 radical (unpaired) electrons. The van der Waals surface area contributed by atoms with Crippen molar-refractivity contribution in [3.63, 3.8) is 0 Å². The highest BCUT2D eigenvalue weighted by Crippen LogP contribution is 2.23. The summed E-state index contributed by atoms with van der Waals surface area (Å²) in [6.45, 7) is 1.62. The smallest absolute Gasteiger partial charge is 0.163 e. The number of nitriles is 1. The van der Waals surface area contributed by atoms with Crippen LogP contribution < -0.4 is 10.5 Å². The number of hydrogen-bond acceptors (Lipinski definition) is 5. The highest BCUT2D eigenvalue weighted by atomic mass is 16.5. The second kappa shape index (κ2) is 5.85.